The third-order valence-corrected chi connectivity index (χ3v) is 3.71. The zero-order chi connectivity index (χ0) is 10.7. The summed E-state index contributed by atoms with van der Waals surface area (Å²) in [4.78, 5) is 0. The molecular formula is C11H14FNOS. The van der Waals surface area contributed by atoms with Gasteiger partial charge in [-0.15, -0.1) is 0 Å². The summed E-state index contributed by atoms with van der Waals surface area (Å²) < 4.78 is 12.9. The van der Waals surface area contributed by atoms with Crippen LogP contribution in [0.3, 0.4) is 0 Å². The van der Waals surface area contributed by atoms with Crippen molar-refractivity contribution in [2.75, 3.05) is 11.5 Å². The Kier molecular flexibility index (Phi) is 3.49. The lowest BCUT2D eigenvalue weighted by molar-refractivity contribution is 0.456. The van der Waals surface area contributed by atoms with E-state index in [-0.39, 0.29) is 11.6 Å². The van der Waals surface area contributed by atoms with Gasteiger partial charge in [-0.2, -0.15) is 11.8 Å². The average molecular weight is 227 g/mol. The molecule has 2 nitrogen and oxygen atoms in total. The second-order valence-corrected chi connectivity index (χ2v) is 4.86. The minimum absolute atomic E-state index is 0.162. The van der Waals surface area contributed by atoms with Crippen LogP contribution >= 0.6 is 11.8 Å². The fourth-order valence-electron chi connectivity index (χ4n) is 1.65. The van der Waals surface area contributed by atoms with Crippen molar-refractivity contribution >= 4 is 11.8 Å². The van der Waals surface area contributed by atoms with Crippen LogP contribution in [0, 0.1) is 5.82 Å². The molecule has 82 valence electrons. The number of phenols is 1. The summed E-state index contributed by atoms with van der Waals surface area (Å²) in [6, 6.07) is 4.54. The molecule has 0 radical (unpaired) electrons. The highest BCUT2D eigenvalue weighted by atomic mass is 32.2. The topological polar surface area (TPSA) is 32.3 Å². The van der Waals surface area contributed by atoms with Gasteiger partial charge < -0.3 is 10.4 Å². The van der Waals surface area contributed by atoms with Crippen LogP contribution in [0.25, 0.3) is 0 Å². The van der Waals surface area contributed by atoms with E-state index >= 15 is 0 Å². The largest absolute Gasteiger partial charge is 0.508 e. The summed E-state index contributed by atoms with van der Waals surface area (Å²) in [5.41, 5.74) is 0.631. The Morgan fingerprint density at radius 3 is 3.13 bits per heavy atom. The predicted octanol–water partition coefficient (Wildman–Crippen LogP) is 2.13. The molecule has 1 aromatic carbocycles. The van der Waals surface area contributed by atoms with Gasteiger partial charge in [-0.1, -0.05) is 0 Å². The Hall–Kier alpha value is -0.740. The lowest BCUT2D eigenvalue weighted by Gasteiger charge is -2.11. The van der Waals surface area contributed by atoms with Crippen molar-refractivity contribution in [1.29, 1.82) is 0 Å². The number of rotatable bonds is 3. The van der Waals surface area contributed by atoms with Gasteiger partial charge in [-0.3, -0.25) is 0 Å². The van der Waals surface area contributed by atoms with Crippen LogP contribution in [-0.4, -0.2) is 22.7 Å². The number of nitrogens with one attached hydrogen (secondary N) is 1. The number of phenolic OH excluding ortho intramolecular Hbond substituents is 1. The van der Waals surface area contributed by atoms with Gasteiger partial charge >= 0.3 is 0 Å². The molecule has 1 aliphatic rings. The number of hydrogen-bond acceptors (Lipinski definition) is 3. The maximum atomic E-state index is 12.9. The standard InChI is InChI=1S/C11H14FNOS/c12-9-1-2-11(14)8(5-9)6-13-10-3-4-15-7-10/h1-2,5,10,13-14H,3-4,6-7H2. The van der Waals surface area contributed by atoms with Crippen LogP contribution in [0.2, 0.25) is 0 Å². The van der Waals surface area contributed by atoms with Gasteiger partial charge in [-0.05, 0) is 30.4 Å². The smallest absolute Gasteiger partial charge is 0.123 e. The molecule has 1 aliphatic heterocycles. The van der Waals surface area contributed by atoms with Crippen molar-refractivity contribution in [2.24, 2.45) is 0 Å². The van der Waals surface area contributed by atoms with E-state index in [0.29, 0.717) is 18.2 Å². The summed E-state index contributed by atoms with van der Waals surface area (Å²) in [6.45, 7) is 0.537. The Balaban J connectivity index is 1.94. The van der Waals surface area contributed by atoms with E-state index in [1.54, 1.807) is 0 Å². The van der Waals surface area contributed by atoms with Crippen molar-refractivity contribution in [1.82, 2.24) is 5.32 Å². The molecule has 1 unspecified atom stereocenters. The normalized spacial score (nSPS) is 20.7. The molecule has 0 amide bonds. The van der Waals surface area contributed by atoms with E-state index in [4.69, 9.17) is 0 Å². The first-order valence-corrected chi connectivity index (χ1v) is 6.19. The monoisotopic (exact) mass is 227 g/mol. The molecule has 1 aromatic rings. The van der Waals surface area contributed by atoms with Gasteiger partial charge in [0.1, 0.15) is 11.6 Å². The van der Waals surface area contributed by atoms with E-state index < -0.39 is 0 Å². The van der Waals surface area contributed by atoms with Gasteiger partial charge in [0.25, 0.3) is 0 Å². The average Bonchev–Trinajstić information content (AvgIpc) is 2.72. The van der Waals surface area contributed by atoms with Crippen LogP contribution in [0.1, 0.15) is 12.0 Å². The molecule has 4 heteroatoms. The number of benzene rings is 1. The summed E-state index contributed by atoms with van der Waals surface area (Å²) in [5.74, 6) is 2.16. The lowest BCUT2D eigenvalue weighted by Crippen LogP contribution is -2.27. The molecule has 0 aliphatic carbocycles. The highest BCUT2D eigenvalue weighted by Gasteiger charge is 2.15. The van der Waals surface area contributed by atoms with E-state index in [1.165, 1.54) is 24.0 Å². The number of aromatic hydroxyl groups is 1. The fourth-order valence-corrected chi connectivity index (χ4v) is 2.83. The Labute approximate surface area is 92.9 Å². The number of thioether (sulfide) groups is 1. The number of hydrogen-bond donors (Lipinski definition) is 2. The van der Waals surface area contributed by atoms with Crippen molar-refractivity contribution in [3.63, 3.8) is 0 Å². The van der Waals surface area contributed by atoms with Crippen LogP contribution in [-0.2, 0) is 6.54 Å². The first-order chi connectivity index (χ1) is 7.25. The van der Waals surface area contributed by atoms with E-state index in [2.05, 4.69) is 5.32 Å². The molecule has 1 heterocycles. The van der Waals surface area contributed by atoms with Crippen molar-refractivity contribution in [2.45, 2.75) is 19.0 Å². The van der Waals surface area contributed by atoms with Crippen molar-refractivity contribution in [3.05, 3.63) is 29.6 Å². The molecule has 1 fully saturated rings. The minimum atomic E-state index is -0.301. The summed E-state index contributed by atoms with van der Waals surface area (Å²) in [7, 11) is 0. The maximum Gasteiger partial charge on any atom is 0.123 e. The first-order valence-electron chi connectivity index (χ1n) is 5.04. The summed E-state index contributed by atoms with van der Waals surface area (Å²) in [6.07, 6.45) is 1.15. The van der Waals surface area contributed by atoms with Crippen LogP contribution in [0.4, 0.5) is 4.39 Å². The zero-order valence-electron chi connectivity index (χ0n) is 8.37. The molecule has 1 saturated heterocycles. The quantitative estimate of drug-likeness (QED) is 0.829. The van der Waals surface area contributed by atoms with E-state index in [1.807, 2.05) is 11.8 Å². The summed E-state index contributed by atoms with van der Waals surface area (Å²) >= 11 is 1.93. The Bertz CT molecular complexity index is 339. The second-order valence-electron chi connectivity index (χ2n) is 3.71. The highest BCUT2D eigenvalue weighted by Crippen LogP contribution is 2.20. The van der Waals surface area contributed by atoms with Gasteiger partial charge in [0.05, 0.1) is 0 Å². The third-order valence-electron chi connectivity index (χ3n) is 2.55. The lowest BCUT2D eigenvalue weighted by atomic mass is 10.1. The SMILES string of the molecule is Oc1ccc(F)cc1CNC1CCSC1. The molecular weight excluding hydrogens is 213 g/mol. The molecule has 15 heavy (non-hydrogen) atoms. The molecule has 0 saturated carbocycles. The maximum absolute atomic E-state index is 12.9. The van der Waals surface area contributed by atoms with Gasteiger partial charge in [-0.25, -0.2) is 4.39 Å². The van der Waals surface area contributed by atoms with Crippen molar-refractivity contribution < 1.29 is 9.50 Å². The predicted molar refractivity (Wildman–Crippen MR) is 60.6 cm³/mol. The van der Waals surface area contributed by atoms with Crippen LogP contribution in [0.5, 0.6) is 5.75 Å². The number of halogens is 1. The molecule has 2 N–H and O–H groups in total. The minimum Gasteiger partial charge on any atom is -0.508 e. The molecule has 1 atom stereocenters. The zero-order valence-corrected chi connectivity index (χ0v) is 9.19. The Morgan fingerprint density at radius 2 is 2.40 bits per heavy atom. The molecule has 0 spiro atoms. The molecule has 0 aromatic heterocycles. The van der Waals surface area contributed by atoms with E-state index in [9.17, 15) is 9.50 Å². The second kappa shape index (κ2) is 4.86. The first kappa shape index (κ1) is 10.8. The fraction of sp³-hybridized carbons (Fsp3) is 0.455. The highest BCUT2D eigenvalue weighted by molar-refractivity contribution is 7.99. The summed E-state index contributed by atoms with van der Waals surface area (Å²) in [5, 5.41) is 12.8. The van der Waals surface area contributed by atoms with Crippen LogP contribution in [0.15, 0.2) is 18.2 Å². The van der Waals surface area contributed by atoms with E-state index in [0.717, 1.165) is 12.2 Å². The van der Waals surface area contributed by atoms with Gasteiger partial charge in [0, 0.05) is 23.9 Å². The third kappa shape index (κ3) is 2.86. The van der Waals surface area contributed by atoms with Crippen molar-refractivity contribution in [3.8, 4) is 5.75 Å². The van der Waals surface area contributed by atoms with Gasteiger partial charge in [0.15, 0.2) is 0 Å². The molecule has 0 bridgehead atoms. The Morgan fingerprint density at radius 1 is 1.53 bits per heavy atom. The molecule has 2 rings (SSSR count). The van der Waals surface area contributed by atoms with Gasteiger partial charge in [0.2, 0.25) is 0 Å². The van der Waals surface area contributed by atoms with Crippen LogP contribution < -0.4 is 5.32 Å².